The van der Waals surface area contributed by atoms with Gasteiger partial charge in [-0.2, -0.15) is 0 Å². The number of carbonyl (C=O) groups is 2. The molecule has 226 valence electrons. The topological polar surface area (TPSA) is 58.6 Å². The first-order valence-electron chi connectivity index (χ1n) is 16.4. The summed E-state index contributed by atoms with van der Waals surface area (Å²) in [6.07, 6.45) is 20.6. The van der Waals surface area contributed by atoms with E-state index >= 15 is 0 Å². The standard InChI is InChI=1S/C33H66N2O3/c1-8-13-16-19-22-25-32(6,11-4)35(31(37)24-23-30(36)34-28-29-38-12-5)33(7,26-20-17-14-9-2)27-21-18-15-10-3/h8-29H2,1-7H3,(H,34,36). The van der Waals surface area contributed by atoms with E-state index in [2.05, 4.69) is 51.8 Å². The van der Waals surface area contributed by atoms with Crippen LogP contribution in [0.5, 0.6) is 0 Å². The summed E-state index contributed by atoms with van der Waals surface area (Å²) >= 11 is 0. The molecule has 0 aromatic heterocycles. The van der Waals surface area contributed by atoms with Crippen LogP contribution in [0.2, 0.25) is 0 Å². The van der Waals surface area contributed by atoms with Crippen LogP contribution < -0.4 is 5.32 Å². The second-order valence-corrected chi connectivity index (χ2v) is 11.9. The van der Waals surface area contributed by atoms with Gasteiger partial charge in [0, 0.05) is 37.1 Å². The van der Waals surface area contributed by atoms with E-state index in [0.29, 0.717) is 19.8 Å². The van der Waals surface area contributed by atoms with Gasteiger partial charge in [0.05, 0.1) is 6.61 Å². The molecule has 0 radical (unpaired) electrons. The molecule has 5 nitrogen and oxygen atoms in total. The third kappa shape index (κ3) is 15.5. The summed E-state index contributed by atoms with van der Waals surface area (Å²) in [6, 6.07) is 0. The highest BCUT2D eigenvalue weighted by molar-refractivity contribution is 5.84. The molecule has 1 unspecified atom stereocenters. The lowest BCUT2D eigenvalue weighted by molar-refractivity contribution is -0.149. The average Bonchev–Trinajstić information content (AvgIpc) is 2.90. The van der Waals surface area contributed by atoms with E-state index in [-0.39, 0.29) is 35.7 Å². The van der Waals surface area contributed by atoms with Crippen molar-refractivity contribution in [1.29, 1.82) is 0 Å². The molecule has 0 aliphatic heterocycles. The van der Waals surface area contributed by atoms with E-state index in [1.165, 1.54) is 64.2 Å². The summed E-state index contributed by atoms with van der Waals surface area (Å²) < 4.78 is 5.33. The van der Waals surface area contributed by atoms with Crippen LogP contribution in [-0.2, 0) is 14.3 Å². The van der Waals surface area contributed by atoms with Gasteiger partial charge in [0.1, 0.15) is 0 Å². The molecule has 0 aliphatic rings. The molecular weight excluding hydrogens is 472 g/mol. The maximum Gasteiger partial charge on any atom is 0.223 e. The van der Waals surface area contributed by atoms with Crippen molar-refractivity contribution in [3.63, 3.8) is 0 Å². The van der Waals surface area contributed by atoms with E-state index in [4.69, 9.17) is 4.74 Å². The normalized spacial score (nSPS) is 13.3. The number of carbonyl (C=O) groups excluding carboxylic acids is 2. The fourth-order valence-electron chi connectivity index (χ4n) is 5.85. The molecule has 38 heavy (non-hydrogen) atoms. The number of ether oxygens (including phenoxy) is 1. The quantitative estimate of drug-likeness (QED) is 0.112. The number of hydrogen-bond acceptors (Lipinski definition) is 3. The molecule has 1 atom stereocenters. The third-order valence-electron chi connectivity index (χ3n) is 8.39. The van der Waals surface area contributed by atoms with Crippen molar-refractivity contribution < 1.29 is 14.3 Å². The number of nitrogens with one attached hydrogen (secondary N) is 1. The third-order valence-corrected chi connectivity index (χ3v) is 8.39. The highest BCUT2D eigenvalue weighted by Gasteiger charge is 2.44. The molecular formula is C33H66N2O3. The molecule has 0 aromatic carbocycles. The van der Waals surface area contributed by atoms with E-state index < -0.39 is 0 Å². The largest absolute Gasteiger partial charge is 0.380 e. The highest BCUT2D eigenvalue weighted by Crippen LogP contribution is 2.39. The zero-order valence-corrected chi connectivity index (χ0v) is 26.7. The van der Waals surface area contributed by atoms with Crippen molar-refractivity contribution in [3.05, 3.63) is 0 Å². The van der Waals surface area contributed by atoms with Crippen molar-refractivity contribution in [2.75, 3.05) is 19.8 Å². The van der Waals surface area contributed by atoms with E-state index in [0.717, 1.165) is 44.9 Å². The van der Waals surface area contributed by atoms with E-state index in [9.17, 15) is 9.59 Å². The first-order chi connectivity index (χ1) is 18.2. The summed E-state index contributed by atoms with van der Waals surface area (Å²) in [5.74, 6) is 0.111. The van der Waals surface area contributed by atoms with Crippen LogP contribution in [0.3, 0.4) is 0 Å². The minimum Gasteiger partial charge on any atom is -0.380 e. The molecule has 5 heteroatoms. The van der Waals surface area contributed by atoms with E-state index in [1.54, 1.807) is 0 Å². The fraction of sp³-hybridized carbons (Fsp3) is 0.939. The zero-order valence-electron chi connectivity index (χ0n) is 26.7. The summed E-state index contributed by atoms with van der Waals surface area (Å²) in [4.78, 5) is 28.9. The van der Waals surface area contributed by atoms with Crippen molar-refractivity contribution in [1.82, 2.24) is 10.2 Å². The number of amides is 2. The van der Waals surface area contributed by atoms with Crippen molar-refractivity contribution in [2.24, 2.45) is 0 Å². The van der Waals surface area contributed by atoms with Crippen LogP contribution in [0.4, 0.5) is 0 Å². The lowest BCUT2D eigenvalue weighted by Gasteiger charge is -2.53. The van der Waals surface area contributed by atoms with Gasteiger partial charge < -0.3 is 15.0 Å². The Labute approximate surface area is 237 Å². The molecule has 0 heterocycles. The maximum absolute atomic E-state index is 14.1. The Morgan fingerprint density at radius 1 is 0.658 bits per heavy atom. The predicted molar refractivity (Wildman–Crippen MR) is 164 cm³/mol. The van der Waals surface area contributed by atoms with Crippen molar-refractivity contribution >= 4 is 11.8 Å². The van der Waals surface area contributed by atoms with Crippen LogP contribution in [0.25, 0.3) is 0 Å². The SMILES string of the molecule is CCCCCCCC(C)(CC)N(C(=O)CCC(=O)NCCOCC)C(C)(CCCCCC)CCCCCC. The van der Waals surface area contributed by atoms with Gasteiger partial charge in [-0.3, -0.25) is 9.59 Å². The number of hydrogen-bond donors (Lipinski definition) is 1. The molecule has 0 rings (SSSR count). The van der Waals surface area contributed by atoms with Gasteiger partial charge >= 0.3 is 0 Å². The maximum atomic E-state index is 14.1. The molecule has 0 saturated heterocycles. The van der Waals surface area contributed by atoms with Gasteiger partial charge in [-0.1, -0.05) is 111 Å². The van der Waals surface area contributed by atoms with Crippen LogP contribution in [0.15, 0.2) is 0 Å². The predicted octanol–water partition coefficient (Wildman–Crippen LogP) is 8.98. The lowest BCUT2D eigenvalue weighted by Crippen LogP contribution is -2.60. The second kappa shape index (κ2) is 22.7. The van der Waals surface area contributed by atoms with Gasteiger partial charge in [-0.05, 0) is 46.5 Å². The molecule has 0 aliphatic carbocycles. The minimum absolute atomic E-state index is 0.0524. The molecule has 0 fully saturated rings. The number of rotatable bonds is 26. The average molecular weight is 539 g/mol. The van der Waals surface area contributed by atoms with Gasteiger partial charge in [0.2, 0.25) is 11.8 Å². The van der Waals surface area contributed by atoms with Crippen molar-refractivity contribution in [2.45, 2.75) is 182 Å². The first kappa shape index (κ1) is 36.9. The summed E-state index contributed by atoms with van der Waals surface area (Å²) in [5, 5.41) is 2.92. The van der Waals surface area contributed by atoms with Crippen LogP contribution >= 0.6 is 0 Å². The smallest absolute Gasteiger partial charge is 0.223 e. The molecule has 0 spiro atoms. The monoisotopic (exact) mass is 539 g/mol. The Balaban J connectivity index is 5.81. The minimum atomic E-state index is -0.182. The van der Waals surface area contributed by atoms with Crippen LogP contribution in [0, 0.1) is 0 Å². The Morgan fingerprint density at radius 3 is 1.61 bits per heavy atom. The summed E-state index contributed by atoms with van der Waals surface area (Å²) in [7, 11) is 0. The Morgan fingerprint density at radius 2 is 1.13 bits per heavy atom. The van der Waals surface area contributed by atoms with Gasteiger partial charge in [-0.15, -0.1) is 0 Å². The van der Waals surface area contributed by atoms with Gasteiger partial charge in [0.15, 0.2) is 0 Å². The first-order valence-corrected chi connectivity index (χ1v) is 16.4. The molecule has 0 saturated carbocycles. The molecule has 2 amide bonds. The lowest BCUT2D eigenvalue weighted by atomic mass is 9.79. The molecule has 0 aromatic rings. The van der Waals surface area contributed by atoms with Crippen LogP contribution in [0.1, 0.15) is 170 Å². The molecule has 1 N–H and O–H groups in total. The Kier molecular flexibility index (Phi) is 22.0. The van der Waals surface area contributed by atoms with Crippen LogP contribution in [-0.4, -0.2) is 47.6 Å². The fourth-order valence-corrected chi connectivity index (χ4v) is 5.85. The zero-order chi connectivity index (χ0) is 28.7. The Hall–Kier alpha value is -1.10. The summed E-state index contributed by atoms with van der Waals surface area (Å²) in [5.41, 5.74) is -0.350. The second-order valence-electron chi connectivity index (χ2n) is 11.9. The summed E-state index contributed by atoms with van der Waals surface area (Å²) in [6.45, 7) is 17.3. The highest BCUT2D eigenvalue weighted by atomic mass is 16.5. The van der Waals surface area contributed by atoms with Crippen molar-refractivity contribution in [3.8, 4) is 0 Å². The van der Waals surface area contributed by atoms with Gasteiger partial charge in [0.25, 0.3) is 0 Å². The van der Waals surface area contributed by atoms with Gasteiger partial charge in [-0.25, -0.2) is 0 Å². The molecule has 0 bridgehead atoms. The van der Waals surface area contributed by atoms with E-state index in [1.807, 2.05) is 6.92 Å². The number of nitrogens with zero attached hydrogens (tertiary/aromatic N) is 1. The number of unbranched alkanes of at least 4 members (excludes halogenated alkanes) is 10. The Bertz CT molecular complexity index is 583.